The number of carboxylic acids is 1. The van der Waals surface area contributed by atoms with Crippen LogP contribution < -0.4 is 0 Å². The van der Waals surface area contributed by atoms with Gasteiger partial charge in [0.2, 0.25) is 0 Å². The highest BCUT2D eigenvalue weighted by atomic mass is 32.2. The van der Waals surface area contributed by atoms with Crippen molar-refractivity contribution in [1.29, 1.82) is 5.26 Å². The van der Waals surface area contributed by atoms with Crippen LogP contribution >= 0.6 is 11.8 Å². The van der Waals surface area contributed by atoms with Gasteiger partial charge in [0.25, 0.3) is 0 Å². The molecule has 0 spiro atoms. The summed E-state index contributed by atoms with van der Waals surface area (Å²) in [6.45, 7) is -0.312. The van der Waals surface area contributed by atoms with Crippen LogP contribution in [0.2, 0.25) is 0 Å². The minimum atomic E-state index is -4.61. The van der Waals surface area contributed by atoms with E-state index in [2.05, 4.69) is 0 Å². The molecule has 0 radical (unpaired) electrons. The van der Waals surface area contributed by atoms with E-state index in [4.69, 9.17) is 10.4 Å². The number of halogens is 3. The molecule has 2 atom stereocenters. The highest BCUT2D eigenvalue weighted by molar-refractivity contribution is 7.99. The zero-order valence-electron chi connectivity index (χ0n) is 8.78. The van der Waals surface area contributed by atoms with E-state index in [9.17, 15) is 18.0 Å². The number of alkyl halides is 3. The minimum Gasteiger partial charge on any atom is -0.480 e. The Morgan fingerprint density at radius 3 is 2.76 bits per heavy atom. The van der Waals surface area contributed by atoms with Gasteiger partial charge in [0.15, 0.2) is 5.92 Å². The maximum Gasteiger partial charge on any atom is 0.405 e. The predicted octanol–water partition coefficient (Wildman–Crippen LogP) is 1.19. The van der Waals surface area contributed by atoms with Crippen molar-refractivity contribution in [3.05, 3.63) is 0 Å². The minimum absolute atomic E-state index is 0.255. The van der Waals surface area contributed by atoms with Crippen molar-refractivity contribution < 1.29 is 23.1 Å². The average Bonchev–Trinajstić information content (AvgIpc) is 2.24. The molecule has 1 fully saturated rings. The Bertz CT molecular complexity index is 329. The molecule has 0 aromatic carbocycles. The zero-order chi connectivity index (χ0) is 13.1. The maximum atomic E-state index is 12.4. The third-order valence-electron chi connectivity index (χ3n) is 2.49. The van der Waals surface area contributed by atoms with Crippen LogP contribution in [0.1, 0.15) is 0 Å². The largest absolute Gasteiger partial charge is 0.480 e. The van der Waals surface area contributed by atoms with E-state index in [1.807, 2.05) is 0 Å². The summed E-state index contributed by atoms with van der Waals surface area (Å²) in [6.07, 6.45) is -4.61. The quantitative estimate of drug-likeness (QED) is 0.833. The molecule has 1 rings (SSSR count). The van der Waals surface area contributed by atoms with E-state index in [1.165, 1.54) is 22.7 Å². The van der Waals surface area contributed by atoms with Gasteiger partial charge in [-0.1, -0.05) is 0 Å². The van der Waals surface area contributed by atoms with Gasteiger partial charge in [-0.3, -0.25) is 9.69 Å². The van der Waals surface area contributed by atoms with Crippen LogP contribution in [0.4, 0.5) is 13.2 Å². The number of nitrogens with zero attached hydrogens (tertiary/aromatic N) is 2. The van der Waals surface area contributed by atoms with E-state index in [0.29, 0.717) is 5.75 Å². The summed E-state index contributed by atoms with van der Waals surface area (Å²) < 4.78 is 37.2. The van der Waals surface area contributed by atoms with Gasteiger partial charge in [-0.05, 0) is 0 Å². The summed E-state index contributed by atoms with van der Waals surface area (Å²) in [5, 5.41) is 17.3. The number of thioether (sulfide) groups is 1. The molecule has 96 valence electrons. The Morgan fingerprint density at radius 2 is 2.29 bits per heavy atom. The first-order valence-corrected chi connectivity index (χ1v) is 6.02. The van der Waals surface area contributed by atoms with Crippen molar-refractivity contribution in [2.75, 3.05) is 24.6 Å². The van der Waals surface area contributed by atoms with Gasteiger partial charge in [0.1, 0.15) is 6.04 Å². The molecule has 1 saturated heterocycles. The van der Waals surface area contributed by atoms with Crippen LogP contribution in [0.3, 0.4) is 0 Å². The van der Waals surface area contributed by atoms with E-state index < -0.39 is 30.7 Å². The first kappa shape index (κ1) is 14.1. The van der Waals surface area contributed by atoms with Crippen molar-refractivity contribution >= 4 is 17.7 Å². The Labute approximate surface area is 100 Å². The molecule has 0 saturated carbocycles. The van der Waals surface area contributed by atoms with Crippen molar-refractivity contribution in [3.63, 3.8) is 0 Å². The van der Waals surface area contributed by atoms with Crippen molar-refractivity contribution in [1.82, 2.24) is 4.90 Å². The molecule has 1 N–H and O–H groups in total. The van der Waals surface area contributed by atoms with Crippen LogP contribution in [0, 0.1) is 17.2 Å². The van der Waals surface area contributed by atoms with E-state index in [-0.39, 0.29) is 12.3 Å². The van der Waals surface area contributed by atoms with Gasteiger partial charge >= 0.3 is 12.1 Å². The van der Waals surface area contributed by atoms with Crippen molar-refractivity contribution in [3.8, 4) is 6.07 Å². The van der Waals surface area contributed by atoms with Crippen molar-refractivity contribution in [2.45, 2.75) is 12.2 Å². The number of carboxylic acid groups (broad SMARTS) is 1. The Balaban J connectivity index is 2.71. The summed E-state index contributed by atoms with van der Waals surface area (Å²) >= 11 is 1.39. The standard InChI is InChI=1S/C9H11F3N2O2S/c10-9(11,12)6(3-13)4-14-1-2-17-5-7(14)8(15)16/h6-7H,1-2,4-5H2,(H,15,16). The van der Waals surface area contributed by atoms with Crippen LogP contribution in [-0.4, -0.2) is 52.8 Å². The summed E-state index contributed by atoms with van der Waals surface area (Å²) in [6, 6.07) is 0.244. The third kappa shape index (κ3) is 3.78. The first-order valence-electron chi connectivity index (χ1n) is 4.87. The van der Waals surface area contributed by atoms with E-state index in [1.54, 1.807) is 0 Å². The second kappa shape index (κ2) is 5.60. The fourth-order valence-corrected chi connectivity index (χ4v) is 2.64. The van der Waals surface area contributed by atoms with Crippen LogP contribution in [0.5, 0.6) is 0 Å². The van der Waals surface area contributed by atoms with E-state index >= 15 is 0 Å². The Hall–Kier alpha value is -0.940. The first-order chi connectivity index (χ1) is 7.86. The van der Waals surface area contributed by atoms with Gasteiger partial charge in [-0.15, -0.1) is 0 Å². The highest BCUT2D eigenvalue weighted by Crippen LogP contribution is 2.28. The Kier molecular flexibility index (Phi) is 4.65. The summed E-state index contributed by atoms with van der Waals surface area (Å²) in [4.78, 5) is 12.1. The molecule has 0 bridgehead atoms. The van der Waals surface area contributed by atoms with Gasteiger partial charge in [0, 0.05) is 24.6 Å². The maximum absolute atomic E-state index is 12.4. The molecular weight excluding hydrogens is 257 g/mol. The molecule has 1 aliphatic rings. The lowest BCUT2D eigenvalue weighted by molar-refractivity contribution is -0.167. The molecule has 1 aliphatic heterocycles. The number of rotatable bonds is 3. The molecule has 0 amide bonds. The summed E-state index contributed by atoms with van der Waals surface area (Å²) in [5.74, 6) is -2.44. The number of carbonyl (C=O) groups is 1. The van der Waals surface area contributed by atoms with Crippen molar-refractivity contribution in [2.24, 2.45) is 5.92 Å². The Morgan fingerprint density at radius 1 is 1.65 bits per heavy atom. The number of hydrogen-bond donors (Lipinski definition) is 1. The zero-order valence-corrected chi connectivity index (χ0v) is 9.59. The molecule has 0 aliphatic carbocycles. The molecule has 17 heavy (non-hydrogen) atoms. The summed E-state index contributed by atoms with van der Waals surface area (Å²) in [7, 11) is 0. The second-order valence-electron chi connectivity index (χ2n) is 3.65. The van der Waals surface area contributed by atoms with Gasteiger partial charge in [0.05, 0.1) is 6.07 Å². The lowest BCUT2D eigenvalue weighted by Gasteiger charge is -2.33. The number of nitriles is 1. The van der Waals surface area contributed by atoms with Crippen LogP contribution in [0.15, 0.2) is 0 Å². The molecule has 0 aromatic heterocycles. The molecule has 0 aromatic rings. The topological polar surface area (TPSA) is 64.3 Å². The lowest BCUT2D eigenvalue weighted by Crippen LogP contribution is -2.50. The molecule has 2 unspecified atom stereocenters. The molecular formula is C9H11F3N2O2S. The van der Waals surface area contributed by atoms with Crippen LogP contribution in [0.25, 0.3) is 0 Å². The second-order valence-corrected chi connectivity index (χ2v) is 4.80. The molecule has 4 nitrogen and oxygen atoms in total. The summed E-state index contributed by atoms with van der Waals surface area (Å²) in [5.41, 5.74) is 0. The third-order valence-corrected chi connectivity index (χ3v) is 3.52. The van der Waals surface area contributed by atoms with Crippen LogP contribution in [-0.2, 0) is 4.79 Å². The van der Waals surface area contributed by atoms with Gasteiger partial charge in [-0.2, -0.15) is 30.2 Å². The SMILES string of the molecule is N#CC(CN1CCSCC1C(=O)O)C(F)(F)F. The monoisotopic (exact) mass is 268 g/mol. The number of hydrogen-bond acceptors (Lipinski definition) is 4. The van der Waals surface area contributed by atoms with Gasteiger partial charge in [-0.25, -0.2) is 0 Å². The fraction of sp³-hybridized carbons (Fsp3) is 0.778. The normalized spacial score (nSPS) is 24.0. The van der Waals surface area contributed by atoms with E-state index in [0.717, 1.165) is 0 Å². The fourth-order valence-electron chi connectivity index (χ4n) is 1.54. The number of aliphatic carboxylic acids is 1. The molecule has 8 heteroatoms. The highest BCUT2D eigenvalue weighted by Gasteiger charge is 2.43. The smallest absolute Gasteiger partial charge is 0.405 e. The average molecular weight is 268 g/mol. The van der Waals surface area contributed by atoms with Gasteiger partial charge < -0.3 is 5.11 Å². The lowest BCUT2D eigenvalue weighted by atomic mass is 10.1. The predicted molar refractivity (Wildman–Crippen MR) is 55.5 cm³/mol. The molecule has 1 heterocycles.